The second-order valence-corrected chi connectivity index (χ2v) is 10.2. The molecule has 10 heteroatoms. The second kappa shape index (κ2) is 8.68. The Morgan fingerprint density at radius 1 is 1.22 bits per heavy atom. The Labute approximate surface area is 171 Å². The smallest absolute Gasteiger partial charge is 0.264 e. The Morgan fingerprint density at radius 3 is 2.59 bits per heavy atom. The van der Waals surface area contributed by atoms with Crippen LogP contribution >= 0.6 is 27.3 Å². The second-order valence-electron chi connectivity index (χ2n) is 6.30. The molecule has 1 amide bonds. The standard InChI is InChI=1S/C17H21BrN4O3S2/c1-27(24,25)20-7-6-14-3-4-15(26-14)17(23)22-10-8-21(9-11-22)16-5-2-13(18)12-19-16/h2-5,12,20H,6-11H2,1H3. The van der Waals surface area contributed by atoms with Crippen molar-refractivity contribution in [3.8, 4) is 0 Å². The largest absolute Gasteiger partial charge is 0.353 e. The molecule has 1 N–H and O–H groups in total. The summed E-state index contributed by atoms with van der Waals surface area (Å²) < 4.78 is 25.6. The lowest BCUT2D eigenvalue weighted by Gasteiger charge is -2.35. The zero-order valence-electron chi connectivity index (χ0n) is 14.9. The van der Waals surface area contributed by atoms with E-state index >= 15 is 0 Å². The maximum atomic E-state index is 12.7. The third kappa shape index (κ3) is 5.74. The molecule has 0 bridgehead atoms. The van der Waals surface area contributed by atoms with E-state index in [0.717, 1.165) is 34.5 Å². The van der Waals surface area contributed by atoms with Crippen molar-refractivity contribution >= 4 is 49.0 Å². The van der Waals surface area contributed by atoms with Gasteiger partial charge in [0.15, 0.2) is 0 Å². The van der Waals surface area contributed by atoms with Crippen molar-refractivity contribution in [1.82, 2.24) is 14.6 Å². The molecule has 0 aromatic carbocycles. The Morgan fingerprint density at radius 2 is 1.96 bits per heavy atom. The summed E-state index contributed by atoms with van der Waals surface area (Å²) >= 11 is 4.81. The first-order valence-electron chi connectivity index (χ1n) is 8.51. The maximum Gasteiger partial charge on any atom is 0.264 e. The van der Waals surface area contributed by atoms with E-state index in [1.807, 2.05) is 29.2 Å². The van der Waals surface area contributed by atoms with Crippen molar-refractivity contribution in [2.24, 2.45) is 0 Å². The third-order valence-corrected chi connectivity index (χ3v) is 6.54. The van der Waals surface area contributed by atoms with Crippen molar-refractivity contribution in [1.29, 1.82) is 0 Å². The van der Waals surface area contributed by atoms with E-state index in [9.17, 15) is 13.2 Å². The molecule has 0 saturated carbocycles. The molecule has 3 heterocycles. The summed E-state index contributed by atoms with van der Waals surface area (Å²) in [5.41, 5.74) is 0. The van der Waals surface area contributed by atoms with Gasteiger partial charge in [-0.3, -0.25) is 4.79 Å². The fraction of sp³-hybridized carbons (Fsp3) is 0.412. The van der Waals surface area contributed by atoms with Crippen molar-refractivity contribution < 1.29 is 13.2 Å². The van der Waals surface area contributed by atoms with Crippen molar-refractivity contribution in [3.05, 3.63) is 44.7 Å². The normalized spacial score (nSPS) is 15.2. The lowest BCUT2D eigenvalue weighted by atomic mass is 10.2. The monoisotopic (exact) mass is 472 g/mol. The van der Waals surface area contributed by atoms with E-state index in [-0.39, 0.29) is 5.91 Å². The van der Waals surface area contributed by atoms with Crippen LogP contribution in [0, 0.1) is 0 Å². The summed E-state index contributed by atoms with van der Waals surface area (Å²) in [4.78, 5) is 22.8. The minimum Gasteiger partial charge on any atom is -0.353 e. The molecule has 146 valence electrons. The Bertz CT molecular complexity index is 891. The Kier molecular flexibility index (Phi) is 6.51. The molecular weight excluding hydrogens is 452 g/mol. The average Bonchev–Trinajstić information content (AvgIpc) is 3.10. The molecule has 3 rings (SSSR count). The highest BCUT2D eigenvalue weighted by Crippen LogP contribution is 2.21. The predicted molar refractivity (Wildman–Crippen MR) is 111 cm³/mol. The number of piperazine rings is 1. The molecule has 0 radical (unpaired) electrons. The molecule has 27 heavy (non-hydrogen) atoms. The molecule has 7 nitrogen and oxygen atoms in total. The summed E-state index contributed by atoms with van der Waals surface area (Å²) in [5, 5.41) is 0. The van der Waals surface area contributed by atoms with Crippen LogP contribution in [0.25, 0.3) is 0 Å². The van der Waals surface area contributed by atoms with Gasteiger partial charge in [-0.25, -0.2) is 18.1 Å². The first-order valence-corrected chi connectivity index (χ1v) is 12.0. The predicted octanol–water partition coefficient (Wildman–Crippen LogP) is 1.96. The fourth-order valence-electron chi connectivity index (χ4n) is 2.84. The van der Waals surface area contributed by atoms with Crippen LogP contribution in [0.2, 0.25) is 0 Å². The number of thiophene rings is 1. The molecule has 0 spiro atoms. The zero-order chi connectivity index (χ0) is 19.4. The highest BCUT2D eigenvalue weighted by molar-refractivity contribution is 9.10. The number of nitrogens with zero attached hydrogens (tertiary/aromatic N) is 3. The number of carbonyl (C=O) groups excluding carboxylic acids is 1. The number of amides is 1. The number of pyridine rings is 1. The zero-order valence-corrected chi connectivity index (χ0v) is 18.1. The first-order chi connectivity index (χ1) is 12.8. The summed E-state index contributed by atoms with van der Waals surface area (Å²) in [6, 6.07) is 7.65. The van der Waals surface area contributed by atoms with Crippen LogP contribution in [0.4, 0.5) is 5.82 Å². The van der Waals surface area contributed by atoms with Gasteiger partial charge in [-0.15, -0.1) is 11.3 Å². The highest BCUT2D eigenvalue weighted by Gasteiger charge is 2.23. The molecule has 1 aliphatic heterocycles. The number of halogens is 1. The van der Waals surface area contributed by atoms with Gasteiger partial charge in [0, 0.05) is 48.3 Å². The topological polar surface area (TPSA) is 82.6 Å². The molecule has 1 saturated heterocycles. The van der Waals surface area contributed by atoms with Crippen LogP contribution in [0.1, 0.15) is 14.5 Å². The molecule has 0 unspecified atom stereocenters. The number of hydrogen-bond donors (Lipinski definition) is 1. The van der Waals surface area contributed by atoms with Crippen molar-refractivity contribution in [3.63, 3.8) is 0 Å². The lowest BCUT2D eigenvalue weighted by molar-refractivity contribution is 0.0751. The Hall–Kier alpha value is -1.49. The van der Waals surface area contributed by atoms with Crippen molar-refractivity contribution in [2.45, 2.75) is 6.42 Å². The van der Waals surface area contributed by atoms with E-state index in [4.69, 9.17) is 0 Å². The van der Waals surface area contributed by atoms with Crippen LogP contribution in [0.15, 0.2) is 34.9 Å². The molecule has 0 atom stereocenters. The maximum absolute atomic E-state index is 12.7. The molecule has 2 aromatic heterocycles. The summed E-state index contributed by atoms with van der Waals surface area (Å²) in [6.45, 7) is 3.14. The highest BCUT2D eigenvalue weighted by atomic mass is 79.9. The van der Waals surface area contributed by atoms with E-state index in [0.29, 0.717) is 30.9 Å². The van der Waals surface area contributed by atoms with Gasteiger partial charge in [-0.1, -0.05) is 0 Å². The molecule has 2 aromatic rings. The fourth-order valence-corrected chi connectivity index (χ4v) is 4.52. The van der Waals surface area contributed by atoms with E-state index in [1.165, 1.54) is 11.3 Å². The van der Waals surface area contributed by atoms with Crippen LogP contribution in [-0.4, -0.2) is 63.2 Å². The van der Waals surface area contributed by atoms with E-state index in [1.54, 1.807) is 6.20 Å². The number of hydrogen-bond acceptors (Lipinski definition) is 6. The number of aromatic nitrogens is 1. The van der Waals surface area contributed by atoms with Gasteiger partial charge >= 0.3 is 0 Å². The van der Waals surface area contributed by atoms with Gasteiger partial charge in [0.05, 0.1) is 11.1 Å². The van der Waals surface area contributed by atoms with Gasteiger partial charge in [0.2, 0.25) is 10.0 Å². The van der Waals surface area contributed by atoms with Crippen LogP contribution in [-0.2, 0) is 16.4 Å². The SMILES string of the molecule is CS(=O)(=O)NCCc1ccc(C(=O)N2CCN(c3ccc(Br)cn3)CC2)s1. The molecular formula is C17H21BrN4O3S2. The minimum absolute atomic E-state index is 0.0331. The van der Waals surface area contributed by atoms with Gasteiger partial charge in [-0.2, -0.15) is 0 Å². The van der Waals surface area contributed by atoms with E-state index < -0.39 is 10.0 Å². The van der Waals surface area contributed by atoms with Gasteiger partial charge < -0.3 is 9.80 Å². The van der Waals surface area contributed by atoms with Crippen LogP contribution < -0.4 is 9.62 Å². The lowest BCUT2D eigenvalue weighted by Crippen LogP contribution is -2.48. The molecule has 0 aliphatic carbocycles. The number of sulfonamides is 1. The summed E-state index contributed by atoms with van der Waals surface area (Å²) in [5.74, 6) is 0.952. The number of carbonyl (C=O) groups is 1. The van der Waals surface area contributed by atoms with Crippen molar-refractivity contribution in [2.75, 3.05) is 43.9 Å². The number of nitrogens with one attached hydrogen (secondary N) is 1. The molecule has 1 fully saturated rings. The van der Waals surface area contributed by atoms with E-state index in [2.05, 4.69) is 30.5 Å². The summed E-state index contributed by atoms with van der Waals surface area (Å²) in [6.07, 6.45) is 3.49. The molecule has 1 aliphatic rings. The van der Waals surface area contributed by atoms with Crippen LogP contribution in [0.3, 0.4) is 0 Å². The number of anilines is 1. The van der Waals surface area contributed by atoms with Crippen LogP contribution in [0.5, 0.6) is 0 Å². The first kappa shape index (κ1) is 20.2. The summed E-state index contributed by atoms with van der Waals surface area (Å²) in [7, 11) is -3.18. The number of rotatable bonds is 6. The van der Waals surface area contributed by atoms with Gasteiger partial charge in [0.1, 0.15) is 5.82 Å². The minimum atomic E-state index is -3.18. The quantitative estimate of drug-likeness (QED) is 0.694. The van der Waals surface area contributed by atoms with Gasteiger partial charge in [0.25, 0.3) is 5.91 Å². The van der Waals surface area contributed by atoms with Gasteiger partial charge in [-0.05, 0) is 46.6 Å². The average molecular weight is 473 g/mol. The third-order valence-electron chi connectivity index (χ3n) is 4.21. The Balaban J connectivity index is 1.52.